The Hall–Kier alpha value is -3.33. The van der Waals surface area contributed by atoms with Crippen LogP contribution in [-0.4, -0.2) is 18.5 Å². The van der Waals surface area contributed by atoms with Crippen molar-refractivity contribution in [3.8, 4) is 28.3 Å². The average molecular weight is 471 g/mol. The van der Waals surface area contributed by atoms with E-state index in [0.717, 1.165) is 4.68 Å². The van der Waals surface area contributed by atoms with E-state index in [0.29, 0.717) is 27.4 Å². The van der Waals surface area contributed by atoms with Crippen LogP contribution in [0.4, 0.5) is 4.39 Å². The van der Waals surface area contributed by atoms with Crippen LogP contribution in [0, 0.1) is 5.82 Å². The van der Waals surface area contributed by atoms with Gasteiger partial charge in [-0.2, -0.15) is 9.78 Å². The summed E-state index contributed by atoms with van der Waals surface area (Å²) in [6.07, 6.45) is 1.47. The molecule has 9 heteroatoms. The maximum Gasteiger partial charge on any atom is 0.315 e. The summed E-state index contributed by atoms with van der Waals surface area (Å²) in [4.78, 5) is 13.3. The minimum atomic E-state index is -1.97. The van der Waals surface area contributed by atoms with Gasteiger partial charge in [-0.05, 0) is 41.5 Å². The van der Waals surface area contributed by atoms with Crippen LogP contribution in [-0.2, 0) is 16.8 Å². The van der Waals surface area contributed by atoms with Gasteiger partial charge in [0.05, 0.1) is 23.2 Å². The zero-order valence-corrected chi connectivity index (χ0v) is 18.0. The molecular formula is C23H16ClFN2O4S. The third-order valence-corrected chi connectivity index (χ3v) is 5.37. The van der Waals surface area contributed by atoms with Crippen molar-refractivity contribution < 1.29 is 17.9 Å². The lowest BCUT2D eigenvalue weighted by molar-refractivity contribution is 0.465. The Morgan fingerprint density at radius 3 is 2.50 bits per heavy atom. The highest BCUT2D eigenvalue weighted by atomic mass is 35.5. The topological polar surface area (TPSA) is 81.4 Å². The second kappa shape index (κ2) is 9.44. The zero-order valence-electron chi connectivity index (χ0n) is 16.4. The Bertz CT molecular complexity index is 1360. The molecule has 1 atom stereocenters. The van der Waals surface area contributed by atoms with Crippen molar-refractivity contribution in [3.63, 3.8) is 0 Å². The van der Waals surface area contributed by atoms with E-state index in [4.69, 9.17) is 20.9 Å². The summed E-state index contributed by atoms with van der Waals surface area (Å²) in [7, 11) is 0. The van der Waals surface area contributed by atoms with E-state index in [1.165, 1.54) is 30.5 Å². The highest BCUT2D eigenvalue weighted by Crippen LogP contribution is 2.31. The number of rotatable bonds is 6. The van der Waals surface area contributed by atoms with E-state index >= 15 is 0 Å². The predicted octanol–water partition coefficient (Wildman–Crippen LogP) is 5.21. The first-order chi connectivity index (χ1) is 15.4. The molecule has 0 aliphatic carbocycles. The van der Waals surface area contributed by atoms with Crippen molar-refractivity contribution in [2.45, 2.75) is 5.75 Å². The molecule has 6 nitrogen and oxygen atoms in total. The van der Waals surface area contributed by atoms with E-state index in [1.54, 1.807) is 48.5 Å². The number of aromatic nitrogens is 2. The molecule has 0 bridgehead atoms. The molecule has 4 aromatic rings. The summed E-state index contributed by atoms with van der Waals surface area (Å²) in [6.45, 7) is 0. The molecule has 0 spiro atoms. The molecule has 3 aromatic carbocycles. The first-order valence-corrected chi connectivity index (χ1v) is 11.0. The maximum absolute atomic E-state index is 13.7. The molecule has 1 aromatic heterocycles. The number of benzene rings is 3. The second-order valence-electron chi connectivity index (χ2n) is 6.81. The van der Waals surface area contributed by atoms with Gasteiger partial charge in [0.2, 0.25) is 5.75 Å². The summed E-state index contributed by atoms with van der Waals surface area (Å²) >= 11 is 4.09. The Labute approximate surface area is 190 Å². The van der Waals surface area contributed by atoms with Gasteiger partial charge in [0, 0.05) is 11.1 Å². The first kappa shape index (κ1) is 21.9. The Kier molecular flexibility index (Phi) is 6.45. The molecule has 1 N–H and O–H groups in total. The lowest BCUT2D eigenvalue weighted by Gasteiger charge is -2.14. The van der Waals surface area contributed by atoms with Gasteiger partial charge in [-0.25, -0.2) is 8.60 Å². The van der Waals surface area contributed by atoms with E-state index in [-0.39, 0.29) is 17.3 Å². The minimum absolute atomic E-state index is 0.0124. The predicted molar refractivity (Wildman–Crippen MR) is 121 cm³/mol. The number of ether oxygens (including phenoxy) is 1. The lowest BCUT2D eigenvalue weighted by atomic mass is 10.1. The number of halogens is 2. The average Bonchev–Trinajstić information content (AvgIpc) is 2.75. The molecule has 0 radical (unpaired) electrons. The quantitative estimate of drug-likeness (QED) is 0.391. The normalized spacial score (nSPS) is 11.8. The van der Waals surface area contributed by atoms with Crippen LogP contribution in [0.5, 0.6) is 11.5 Å². The largest absolute Gasteiger partial charge is 0.451 e. The standard InChI is InChI=1S/C23H16ClFN2O4S/c24-17-3-1-5-19(11-17)27-23(28)22(31-20-6-2-4-18(25)12-20)21(13-26-27)16-9-7-15(8-10-16)14-32(29)30/h1-13H,14H2,(H,29,30). The van der Waals surface area contributed by atoms with Crippen LogP contribution in [0.3, 0.4) is 0 Å². The van der Waals surface area contributed by atoms with Gasteiger partial charge in [0.25, 0.3) is 0 Å². The molecule has 0 saturated heterocycles. The molecule has 1 heterocycles. The van der Waals surface area contributed by atoms with Crippen molar-refractivity contribution in [1.29, 1.82) is 0 Å². The van der Waals surface area contributed by atoms with Crippen molar-refractivity contribution in [2.24, 2.45) is 0 Å². The SMILES string of the molecule is O=c1c(Oc2cccc(F)c2)c(-c2ccc(CS(=O)O)cc2)cnn1-c1cccc(Cl)c1. The highest BCUT2D eigenvalue weighted by molar-refractivity contribution is 7.78. The van der Waals surface area contributed by atoms with Gasteiger partial charge in [0.1, 0.15) is 11.6 Å². The zero-order chi connectivity index (χ0) is 22.7. The van der Waals surface area contributed by atoms with Gasteiger partial charge < -0.3 is 9.29 Å². The third-order valence-electron chi connectivity index (χ3n) is 4.56. The minimum Gasteiger partial charge on any atom is -0.451 e. The molecule has 4 rings (SSSR count). The molecule has 0 aliphatic rings. The van der Waals surface area contributed by atoms with Crippen LogP contribution >= 0.6 is 11.6 Å². The van der Waals surface area contributed by atoms with Gasteiger partial charge in [-0.15, -0.1) is 0 Å². The van der Waals surface area contributed by atoms with Gasteiger partial charge >= 0.3 is 5.56 Å². The summed E-state index contributed by atoms with van der Waals surface area (Å²) in [5.74, 6) is -0.417. The van der Waals surface area contributed by atoms with Crippen LogP contribution < -0.4 is 10.3 Å². The van der Waals surface area contributed by atoms with Crippen LogP contribution in [0.25, 0.3) is 16.8 Å². The lowest BCUT2D eigenvalue weighted by Crippen LogP contribution is -2.22. The molecule has 162 valence electrons. The fourth-order valence-corrected chi connectivity index (χ4v) is 3.77. The Morgan fingerprint density at radius 1 is 1.06 bits per heavy atom. The fraction of sp³-hybridized carbons (Fsp3) is 0.0435. The number of hydrogen-bond donors (Lipinski definition) is 1. The fourth-order valence-electron chi connectivity index (χ4n) is 3.11. The summed E-state index contributed by atoms with van der Waals surface area (Å²) < 4.78 is 40.8. The van der Waals surface area contributed by atoms with Crippen molar-refractivity contribution in [2.75, 3.05) is 0 Å². The molecule has 32 heavy (non-hydrogen) atoms. The molecular weight excluding hydrogens is 455 g/mol. The summed E-state index contributed by atoms with van der Waals surface area (Å²) in [5, 5.41) is 4.69. The summed E-state index contributed by atoms with van der Waals surface area (Å²) in [5.41, 5.74) is 1.52. The highest BCUT2D eigenvalue weighted by Gasteiger charge is 2.17. The van der Waals surface area contributed by atoms with E-state index in [1.807, 2.05) is 0 Å². The van der Waals surface area contributed by atoms with E-state index < -0.39 is 22.5 Å². The van der Waals surface area contributed by atoms with E-state index in [9.17, 15) is 13.4 Å². The number of hydrogen-bond acceptors (Lipinski definition) is 4. The smallest absolute Gasteiger partial charge is 0.315 e. The molecule has 0 fully saturated rings. The summed E-state index contributed by atoms with van der Waals surface area (Å²) in [6, 6.07) is 18.8. The van der Waals surface area contributed by atoms with Crippen LogP contribution in [0.1, 0.15) is 5.56 Å². The van der Waals surface area contributed by atoms with E-state index in [2.05, 4.69) is 5.10 Å². The van der Waals surface area contributed by atoms with Crippen molar-refractivity contribution in [1.82, 2.24) is 9.78 Å². The van der Waals surface area contributed by atoms with Crippen LogP contribution in [0.2, 0.25) is 5.02 Å². The van der Waals surface area contributed by atoms with Crippen LogP contribution in [0.15, 0.2) is 83.8 Å². The van der Waals surface area contributed by atoms with Gasteiger partial charge in [0.15, 0.2) is 11.1 Å². The van der Waals surface area contributed by atoms with Gasteiger partial charge in [-0.3, -0.25) is 4.79 Å². The Morgan fingerprint density at radius 2 is 1.81 bits per heavy atom. The molecule has 1 unspecified atom stereocenters. The Balaban J connectivity index is 1.84. The molecule has 0 saturated carbocycles. The molecule has 0 amide bonds. The maximum atomic E-state index is 13.7. The van der Waals surface area contributed by atoms with Crippen molar-refractivity contribution in [3.05, 3.63) is 106 Å². The molecule has 0 aliphatic heterocycles. The monoisotopic (exact) mass is 470 g/mol. The number of nitrogens with zero attached hydrogens (tertiary/aromatic N) is 2. The first-order valence-electron chi connectivity index (χ1n) is 9.39. The van der Waals surface area contributed by atoms with Crippen molar-refractivity contribution >= 4 is 22.7 Å². The second-order valence-corrected chi connectivity index (χ2v) is 8.17. The van der Waals surface area contributed by atoms with Gasteiger partial charge in [-0.1, -0.05) is 48.0 Å². The third kappa shape index (κ3) is 4.94.